The second kappa shape index (κ2) is 8.51. The summed E-state index contributed by atoms with van der Waals surface area (Å²) in [5, 5.41) is 3.27. The van der Waals surface area contributed by atoms with Gasteiger partial charge in [0.1, 0.15) is 0 Å². The SMILES string of the molecule is CC(C)CC(CNC(C)C)/N=C\CCC(F)(F)F. The summed E-state index contributed by atoms with van der Waals surface area (Å²) in [7, 11) is 0. The maximum atomic E-state index is 12.0. The van der Waals surface area contributed by atoms with Crippen LogP contribution in [-0.4, -0.2) is 31.0 Å². The molecule has 0 radical (unpaired) electrons. The number of hydrogen-bond acceptors (Lipinski definition) is 2. The van der Waals surface area contributed by atoms with Crippen LogP contribution in [0.15, 0.2) is 4.99 Å². The predicted molar refractivity (Wildman–Crippen MR) is 70.2 cm³/mol. The molecule has 108 valence electrons. The summed E-state index contributed by atoms with van der Waals surface area (Å²) in [6, 6.07) is 0.436. The van der Waals surface area contributed by atoms with Crippen molar-refractivity contribution in [1.29, 1.82) is 0 Å². The molecular formula is C13H25F3N2. The molecule has 0 aromatic carbocycles. The molecule has 0 aromatic heterocycles. The Morgan fingerprint density at radius 3 is 2.22 bits per heavy atom. The highest BCUT2D eigenvalue weighted by Gasteiger charge is 2.25. The fraction of sp³-hybridized carbons (Fsp3) is 0.923. The van der Waals surface area contributed by atoms with Gasteiger partial charge in [-0.3, -0.25) is 4.99 Å². The average Bonchev–Trinajstić information content (AvgIpc) is 2.18. The second-order valence-electron chi connectivity index (χ2n) is 5.33. The Kier molecular flexibility index (Phi) is 8.24. The van der Waals surface area contributed by atoms with Gasteiger partial charge in [0.25, 0.3) is 0 Å². The standard InChI is InChI=1S/C13H25F3N2/c1-10(2)8-12(9-18-11(3)4)17-7-5-6-13(14,15)16/h7,10-12,18H,5-6,8-9H2,1-4H3/b17-7-. The van der Waals surface area contributed by atoms with E-state index in [2.05, 4.69) is 24.2 Å². The molecule has 0 bridgehead atoms. The molecule has 1 N–H and O–H groups in total. The van der Waals surface area contributed by atoms with Crippen LogP contribution in [0, 0.1) is 5.92 Å². The predicted octanol–water partition coefficient (Wildman–Crippen LogP) is 3.81. The zero-order valence-corrected chi connectivity index (χ0v) is 11.7. The molecule has 0 amide bonds. The Bertz CT molecular complexity index is 235. The highest BCUT2D eigenvalue weighted by Crippen LogP contribution is 2.20. The highest BCUT2D eigenvalue weighted by atomic mass is 19.4. The van der Waals surface area contributed by atoms with Crippen molar-refractivity contribution >= 4 is 6.21 Å². The molecule has 0 aromatic rings. The van der Waals surface area contributed by atoms with Crippen LogP contribution in [0.2, 0.25) is 0 Å². The summed E-state index contributed by atoms with van der Waals surface area (Å²) >= 11 is 0. The Hall–Kier alpha value is -0.580. The van der Waals surface area contributed by atoms with Gasteiger partial charge in [0, 0.05) is 19.0 Å². The molecule has 2 nitrogen and oxygen atoms in total. The Morgan fingerprint density at radius 1 is 1.17 bits per heavy atom. The summed E-state index contributed by atoms with van der Waals surface area (Å²) < 4.78 is 35.9. The number of nitrogens with zero attached hydrogens (tertiary/aromatic N) is 1. The molecule has 0 aliphatic rings. The van der Waals surface area contributed by atoms with E-state index in [1.165, 1.54) is 6.21 Å². The zero-order chi connectivity index (χ0) is 14.2. The first kappa shape index (κ1) is 17.4. The first-order valence-electron chi connectivity index (χ1n) is 6.52. The number of aliphatic imine (C=N–C) groups is 1. The van der Waals surface area contributed by atoms with E-state index < -0.39 is 12.6 Å². The molecule has 0 aliphatic carbocycles. The van der Waals surface area contributed by atoms with Crippen molar-refractivity contribution < 1.29 is 13.2 Å². The summed E-state index contributed by atoms with van der Waals surface area (Å²) in [5.74, 6) is 0.490. The first-order chi connectivity index (χ1) is 8.20. The minimum atomic E-state index is -4.09. The van der Waals surface area contributed by atoms with Crippen molar-refractivity contribution in [3.8, 4) is 0 Å². The van der Waals surface area contributed by atoms with Gasteiger partial charge in [0.05, 0.1) is 6.04 Å². The number of hydrogen-bond donors (Lipinski definition) is 1. The third-order valence-corrected chi connectivity index (χ3v) is 2.38. The molecule has 0 aliphatic heterocycles. The van der Waals surface area contributed by atoms with Crippen molar-refractivity contribution in [2.45, 2.75) is 65.2 Å². The molecule has 0 spiro atoms. The van der Waals surface area contributed by atoms with Gasteiger partial charge in [-0.1, -0.05) is 27.7 Å². The lowest BCUT2D eigenvalue weighted by Crippen LogP contribution is -2.32. The Balaban J connectivity index is 4.09. The number of nitrogens with one attached hydrogen (secondary N) is 1. The fourth-order valence-corrected chi connectivity index (χ4v) is 1.56. The number of alkyl halides is 3. The maximum absolute atomic E-state index is 12.0. The summed E-state index contributed by atoms with van der Waals surface area (Å²) in [6.07, 6.45) is -2.59. The van der Waals surface area contributed by atoms with Crippen LogP contribution in [0.25, 0.3) is 0 Å². The molecule has 0 saturated heterocycles. The normalized spacial score (nSPS) is 14.9. The number of rotatable bonds is 8. The third-order valence-electron chi connectivity index (χ3n) is 2.38. The molecule has 0 saturated carbocycles. The van der Waals surface area contributed by atoms with E-state index in [0.29, 0.717) is 12.0 Å². The molecule has 1 atom stereocenters. The van der Waals surface area contributed by atoms with Crippen LogP contribution in [0.5, 0.6) is 0 Å². The van der Waals surface area contributed by atoms with Crippen LogP contribution in [-0.2, 0) is 0 Å². The van der Waals surface area contributed by atoms with Gasteiger partial charge >= 0.3 is 6.18 Å². The minimum Gasteiger partial charge on any atom is -0.312 e. The molecule has 0 rings (SSSR count). The fourth-order valence-electron chi connectivity index (χ4n) is 1.56. The van der Waals surface area contributed by atoms with Gasteiger partial charge in [0.2, 0.25) is 0 Å². The van der Waals surface area contributed by atoms with Gasteiger partial charge in [-0.2, -0.15) is 13.2 Å². The topological polar surface area (TPSA) is 24.4 Å². The van der Waals surface area contributed by atoms with E-state index in [-0.39, 0.29) is 12.5 Å². The van der Waals surface area contributed by atoms with Crippen molar-refractivity contribution in [3.05, 3.63) is 0 Å². The van der Waals surface area contributed by atoms with Crippen LogP contribution in [0.1, 0.15) is 47.0 Å². The quantitative estimate of drug-likeness (QED) is 0.664. The Morgan fingerprint density at radius 2 is 1.78 bits per heavy atom. The lowest BCUT2D eigenvalue weighted by molar-refractivity contribution is -0.132. The minimum absolute atomic E-state index is 0.0280. The van der Waals surface area contributed by atoms with Crippen molar-refractivity contribution in [2.24, 2.45) is 10.9 Å². The largest absolute Gasteiger partial charge is 0.389 e. The smallest absolute Gasteiger partial charge is 0.312 e. The molecule has 5 heteroatoms. The van der Waals surface area contributed by atoms with Gasteiger partial charge < -0.3 is 5.32 Å². The van der Waals surface area contributed by atoms with E-state index in [1.807, 2.05) is 13.8 Å². The van der Waals surface area contributed by atoms with Crippen LogP contribution in [0.3, 0.4) is 0 Å². The summed E-state index contributed by atoms with van der Waals surface area (Å²) in [4.78, 5) is 4.25. The molecule has 0 heterocycles. The van der Waals surface area contributed by atoms with E-state index in [0.717, 1.165) is 13.0 Å². The lowest BCUT2D eigenvalue weighted by atomic mass is 10.0. The van der Waals surface area contributed by atoms with E-state index >= 15 is 0 Å². The lowest BCUT2D eigenvalue weighted by Gasteiger charge is -2.17. The summed E-state index contributed by atoms with van der Waals surface area (Å²) in [5.41, 5.74) is 0. The first-order valence-corrected chi connectivity index (χ1v) is 6.52. The van der Waals surface area contributed by atoms with E-state index in [9.17, 15) is 13.2 Å². The monoisotopic (exact) mass is 266 g/mol. The molecule has 0 fully saturated rings. The van der Waals surface area contributed by atoms with E-state index in [4.69, 9.17) is 0 Å². The summed E-state index contributed by atoms with van der Waals surface area (Å²) in [6.45, 7) is 8.99. The van der Waals surface area contributed by atoms with E-state index in [1.54, 1.807) is 0 Å². The zero-order valence-electron chi connectivity index (χ0n) is 11.7. The van der Waals surface area contributed by atoms with Crippen LogP contribution in [0.4, 0.5) is 13.2 Å². The number of halogens is 3. The molecule has 1 unspecified atom stereocenters. The van der Waals surface area contributed by atoms with Crippen LogP contribution >= 0.6 is 0 Å². The maximum Gasteiger partial charge on any atom is 0.389 e. The van der Waals surface area contributed by atoms with Crippen molar-refractivity contribution in [3.63, 3.8) is 0 Å². The van der Waals surface area contributed by atoms with Gasteiger partial charge in [0.15, 0.2) is 0 Å². The third kappa shape index (κ3) is 11.9. The van der Waals surface area contributed by atoms with Gasteiger partial charge in [-0.05, 0) is 25.0 Å². The van der Waals surface area contributed by atoms with Crippen LogP contribution < -0.4 is 5.32 Å². The molecular weight excluding hydrogens is 241 g/mol. The second-order valence-corrected chi connectivity index (χ2v) is 5.33. The molecule has 18 heavy (non-hydrogen) atoms. The Labute approximate surface area is 108 Å². The van der Waals surface area contributed by atoms with Gasteiger partial charge in [-0.25, -0.2) is 0 Å². The average molecular weight is 266 g/mol. The highest BCUT2D eigenvalue weighted by molar-refractivity contribution is 5.57. The van der Waals surface area contributed by atoms with Gasteiger partial charge in [-0.15, -0.1) is 0 Å². The van der Waals surface area contributed by atoms with Crippen molar-refractivity contribution in [2.75, 3.05) is 6.54 Å². The van der Waals surface area contributed by atoms with Crippen molar-refractivity contribution in [1.82, 2.24) is 5.32 Å².